The van der Waals surface area contributed by atoms with Gasteiger partial charge in [0.25, 0.3) is 0 Å². The highest BCUT2D eigenvalue weighted by molar-refractivity contribution is 6.35. The third-order valence-corrected chi connectivity index (χ3v) is 3.78. The van der Waals surface area contributed by atoms with Crippen LogP contribution in [-0.2, 0) is 6.42 Å². The Morgan fingerprint density at radius 3 is 2.76 bits per heavy atom. The Kier molecular flexibility index (Phi) is 3.50. The van der Waals surface area contributed by atoms with Crippen molar-refractivity contribution in [3.05, 3.63) is 63.3 Å². The highest BCUT2D eigenvalue weighted by Gasteiger charge is 2.17. The summed E-state index contributed by atoms with van der Waals surface area (Å²) >= 11 is 12.4. The molecule has 104 valence electrons. The molecule has 0 aliphatic rings. The first-order valence-corrected chi connectivity index (χ1v) is 6.72. The molecule has 0 fully saturated rings. The van der Waals surface area contributed by atoms with Crippen LogP contribution in [0.25, 0.3) is 5.65 Å². The molecule has 0 radical (unpaired) electrons. The molecule has 0 amide bonds. The lowest BCUT2D eigenvalue weighted by molar-refractivity contribution is 0.613. The molecule has 1 aromatic carbocycles. The fourth-order valence-electron chi connectivity index (χ4n) is 2.02. The molecule has 7 heteroatoms. The number of hydrogen-bond acceptors (Lipinski definition) is 3. The second kappa shape index (κ2) is 5.32. The van der Waals surface area contributed by atoms with Gasteiger partial charge in [0.2, 0.25) is 0 Å². The summed E-state index contributed by atoms with van der Waals surface area (Å²) in [6.07, 6.45) is 1.55. The predicted molar refractivity (Wildman–Crippen MR) is 76.9 cm³/mol. The van der Waals surface area contributed by atoms with Crippen LogP contribution in [-0.4, -0.2) is 14.6 Å². The van der Waals surface area contributed by atoms with Gasteiger partial charge < -0.3 is 0 Å². The van der Waals surface area contributed by atoms with Crippen LogP contribution in [0, 0.1) is 17.1 Å². The van der Waals surface area contributed by atoms with E-state index in [0.29, 0.717) is 11.1 Å². The topological polar surface area (TPSA) is 54.0 Å². The van der Waals surface area contributed by atoms with E-state index in [4.69, 9.17) is 28.5 Å². The Balaban J connectivity index is 2.16. The van der Waals surface area contributed by atoms with Crippen molar-refractivity contribution in [3.63, 3.8) is 0 Å². The van der Waals surface area contributed by atoms with Crippen molar-refractivity contribution in [2.24, 2.45) is 0 Å². The number of benzene rings is 1. The molecular formula is C14H7Cl2FN4. The van der Waals surface area contributed by atoms with E-state index >= 15 is 0 Å². The number of halogens is 3. The zero-order valence-electron chi connectivity index (χ0n) is 10.5. The van der Waals surface area contributed by atoms with Crippen LogP contribution in [0.2, 0.25) is 10.3 Å². The lowest BCUT2D eigenvalue weighted by atomic mass is 10.1. The van der Waals surface area contributed by atoms with Gasteiger partial charge in [-0.15, -0.1) is 0 Å². The van der Waals surface area contributed by atoms with Crippen LogP contribution in [0.5, 0.6) is 0 Å². The largest absolute Gasteiger partial charge is 0.215 e. The first-order chi connectivity index (χ1) is 10.1. The molecule has 3 aromatic rings. The zero-order chi connectivity index (χ0) is 15.0. The molecule has 3 rings (SSSR count). The lowest BCUT2D eigenvalue weighted by Gasteiger charge is -2.09. The van der Waals surface area contributed by atoms with Crippen LogP contribution in [0.15, 0.2) is 30.5 Å². The molecule has 0 saturated heterocycles. The monoisotopic (exact) mass is 320 g/mol. The summed E-state index contributed by atoms with van der Waals surface area (Å²) in [5.41, 5.74) is 1.47. The average Bonchev–Trinajstić information content (AvgIpc) is 2.88. The summed E-state index contributed by atoms with van der Waals surface area (Å²) in [7, 11) is 0. The third kappa shape index (κ3) is 2.33. The van der Waals surface area contributed by atoms with E-state index in [1.54, 1.807) is 18.2 Å². The molecule has 0 N–H and O–H groups in total. The SMILES string of the molecule is N#Cc1cnn2c(Cl)c(Cc3ccccc3F)c(Cl)nc12. The van der Waals surface area contributed by atoms with Gasteiger partial charge in [-0.2, -0.15) is 10.4 Å². The fraction of sp³-hybridized carbons (Fsp3) is 0.0714. The molecule has 4 nitrogen and oxygen atoms in total. The van der Waals surface area contributed by atoms with Crippen LogP contribution < -0.4 is 0 Å². The maximum Gasteiger partial charge on any atom is 0.176 e. The quantitative estimate of drug-likeness (QED) is 0.677. The first-order valence-electron chi connectivity index (χ1n) is 5.97. The highest BCUT2D eigenvalue weighted by Crippen LogP contribution is 2.28. The van der Waals surface area contributed by atoms with Gasteiger partial charge in [-0.3, -0.25) is 0 Å². The van der Waals surface area contributed by atoms with E-state index in [2.05, 4.69) is 10.1 Å². The van der Waals surface area contributed by atoms with Crippen molar-refractivity contribution in [1.82, 2.24) is 14.6 Å². The number of fused-ring (bicyclic) bond motifs is 1. The van der Waals surface area contributed by atoms with Crippen LogP contribution >= 0.6 is 23.2 Å². The third-order valence-electron chi connectivity index (χ3n) is 3.08. The maximum atomic E-state index is 13.7. The molecule has 0 unspecified atom stereocenters. The van der Waals surface area contributed by atoms with Crippen molar-refractivity contribution in [1.29, 1.82) is 5.26 Å². The van der Waals surface area contributed by atoms with Gasteiger partial charge in [-0.05, 0) is 11.6 Å². The summed E-state index contributed by atoms with van der Waals surface area (Å²) in [5, 5.41) is 13.3. The Hall–Kier alpha value is -2.16. The Morgan fingerprint density at radius 2 is 2.05 bits per heavy atom. The van der Waals surface area contributed by atoms with E-state index in [0.717, 1.165) is 0 Å². The summed E-state index contributed by atoms with van der Waals surface area (Å²) < 4.78 is 15.1. The van der Waals surface area contributed by atoms with Gasteiger partial charge in [0.1, 0.15) is 27.8 Å². The van der Waals surface area contributed by atoms with Crippen molar-refractivity contribution in [3.8, 4) is 6.07 Å². The normalized spacial score (nSPS) is 10.8. The fourth-order valence-corrected chi connectivity index (χ4v) is 2.59. The van der Waals surface area contributed by atoms with Gasteiger partial charge in [0.05, 0.1) is 6.20 Å². The molecule has 0 spiro atoms. The van der Waals surface area contributed by atoms with Gasteiger partial charge >= 0.3 is 0 Å². The van der Waals surface area contributed by atoms with Gasteiger partial charge in [-0.25, -0.2) is 13.9 Å². The van der Waals surface area contributed by atoms with E-state index in [1.807, 2.05) is 6.07 Å². The summed E-state index contributed by atoms with van der Waals surface area (Å²) in [6, 6.07) is 8.31. The van der Waals surface area contributed by atoms with E-state index < -0.39 is 0 Å². The predicted octanol–water partition coefficient (Wildman–Crippen LogP) is 3.64. The van der Waals surface area contributed by atoms with Gasteiger partial charge in [0.15, 0.2) is 5.65 Å². The molecule has 0 aliphatic carbocycles. The summed E-state index contributed by atoms with van der Waals surface area (Å²) in [6.45, 7) is 0. The smallest absolute Gasteiger partial charge is 0.176 e. The molecule has 0 aliphatic heterocycles. The van der Waals surface area contributed by atoms with Crippen molar-refractivity contribution >= 4 is 28.8 Å². The van der Waals surface area contributed by atoms with Gasteiger partial charge in [0, 0.05) is 12.0 Å². The van der Waals surface area contributed by atoms with E-state index in [1.165, 1.54) is 16.8 Å². The maximum absolute atomic E-state index is 13.7. The molecule has 21 heavy (non-hydrogen) atoms. The standard InChI is InChI=1S/C14H7Cl2FN4/c15-12-10(5-8-3-1-2-4-11(8)17)13(16)21-14(20-12)9(6-18)7-19-21/h1-4,7H,5H2. The molecule has 0 bridgehead atoms. The number of hydrogen-bond donors (Lipinski definition) is 0. The number of rotatable bonds is 2. The minimum Gasteiger partial charge on any atom is -0.215 e. The summed E-state index contributed by atoms with van der Waals surface area (Å²) in [4.78, 5) is 4.13. The Bertz CT molecular complexity index is 883. The molecular weight excluding hydrogens is 314 g/mol. The lowest BCUT2D eigenvalue weighted by Crippen LogP contribution is -2.02. The van der Waals surface area contributed by atoms with Crippen molar-refractivity contribution in [2.45, 2.75) is 6.42 Å². The van der Waals surface area contributed by atoms with Crippen molar-refractivity contribution in [2.75, 3.05) is 0 Å². The number of nitrogens with zero attached hydrogens (tertiary/aromatic N) is 4. The van der Waals surface area contributed by atoms with Crippen LogP contribution in [0.1, 0.15) is 16.7 Å². The van der Waals surface area contributed by atoms with Crippen LogP contribution in [0.3, 0.4) is 0 Å². The Morgan fingerprint density at radius 1 is 1.29 bits per heavy atom. The first kappa shape index (κ1) is 13.8. The second-order valence-electron chi connectivity index (χ2n) is 4.35. The molecule has 0 atom stereocenters. The van der Waals surface area contributed by atoms with Crippen molar-refractivity contribution < 1.29 is 4.39 Å². The minimum absolute atomic E-state index is 0.132. The second-order valence-corrected chi connectivity index (χ2v) is 5.06. The highest BCUT2D eigenvalue weighted by atomic mass is 35.5. The molecule has 2 aromatic heterocycles. The van der Waals surface area contributed by atoms with Gasteiger partial charge in [-0.1, -0.05) is 41.4 Å². The Labute approximate surface area is 129 Å². The number of aromatic nitrogens is 3. The summed E-state index contributed by atoms with van der Waals surface area (Å²) in [5.74, 6) is -0.345. The van der Waals surface area contributed by atoms with E-state index in [9.17, 15) is 4.39 Å². The van der Waals surface area contributed by atoms with Crippen LogP contribution in [0.4, 0.5) is 4.39 Å². The molecule has 0 saturated carbocycles. The molecule has 2 heterocycles. The average molecular weight is 321 g/mol. The zero-order valence-corrected chi connectivity index (χ0v) is 12.0. The number of nitriles is 1. The van der Waals surface area contributed by atoms with E-state index in [-0.39, 0.29) is 33.8 Å². The minimum atomic E-state index is -0.345.